The van der Waals surface area contributed by atoms with Crippen LogP contribution in [0.1, 0.15) is 30.4 Å². The van der Waals surface area contributed by atoms with Crippen LogP contribution in [0.25, 0.3) is 0 Å². The highest BCUT2D eigenvalue weighted by molar-refractivity contribution is 6.18. The summed E-state index contributed by atoms with van der Waals surface area (Å²) in [5.74, 6) is 0.704. The van der Waals surface area contributed by atoms with Crippen molar-refractivity contribution < 1.29 is 0 Å². The molecular weight excluding hydrogens is 204 g/mol. The molecule has 1 aromatic carbocycles. The van der Waals surface area contributed by atoms with E-state index < -0.39 is 0 Å². The Morgan fingerprint density at radius 1 is 1.40 bits per heavy atom. The van der Waals surface area contributed by atoms with Gasteiger partial charge in [0.15, 0.2) is 0 Å². The summed E-state index contributed by atoms with van der Waals surface area (Å²) in [6.07, 6.45) is 6.64. The molecule has 0 heterocycles. The summed E-state index contributed by atoms with van der Waals surface area (Å²) in [5.41, 5.74) is 3.08. The summed E-state index contributed by atoms with van der Waals surface area (Å²) >= 11 is 6.20. The lowest BCUT2D eigenvalue weighted by Crippen LogP contribution is -2.32. The minimum Gasteiger partial charge on any atom is -0.126 e. The normalized spacial score (nSPS) is 24.6. The van der Waals surface area contributed by atoms with Gasteiger partial charge in [0.2, 0.25) is 0 Å². The molecule has 0 fully saturated rings. The smallest absolute Gasteiger partial charge is 0.0323 e. The molecule has 1 aromatic rings. The largest absolute Gasteiger partial charge is 0.126 e. The van der Waals surface area contributed by atoms with E-state index in [1.807, 2.05) is 6.08 Å². The number of fused-ring (bicyclic) bond motifs is 1. The van der Waals surface area contributed by atoms with Crippen molar-refractivity contribution in [2.75, 3.05) is 5.88 Å². The van der Waals surface area contributed by atoms with Gasteiger partial charge in [0.1, 0.15) is 0 Å². The SMILES string of the molecule is C=CCC1(CCl)CCCc2ccccc21. The number of allylic oxidation sites excluding steroid dienone is 1. The standard InChI is InChI=1S/C14H17Cl/c1-2-9-14(11-15)10-5-7-12-6-3-4-8-13(12)14/h2-4,6,8H,1,5,7,9-11H2. The average Bonchev–Trinajstić information content (AvgIpc) is 2.30. The molecule has 0 aromatic heterocycles. The number of halogens is 1. The Morgan fingerprint density at radius 3 is 2.93 bits per heavy atom. The van der Waals surface area contributed by atoms with E-state index in [9.17, 15) is 0 Å². The molecule has 0 N–H and O–H groups in total. The van der Waals surface area contributed by atoms with Crippen molar-refractivity contribution in [1.82, 2.24) is 0 Å². The van der Waals surface area contributed by atoms with Gasteiger partial charge in [-0.2, -0.15) is 0 Å². The zero-order valence-corrected chi connectivity index (χ0v) is 9.76. The van der Waals surface area contributed by atoms with Crippen LogP contribution in [-0.2, 0) is 11.8 Å². The molecule has 0 spiro atoms. The first-order valence-corrected chi connectivity index (χ1v) is 6.11. The second kappa shape index (κ2) is 4.40. The lowest BCUT2D eigenvalue weighted by atomic mass is 9.69. The van der Waals surface area contributed by atoms with Crippen LogP contribution in [0.15, 0.2) is 36.9 Å². The van der Waals surface area contributed by atoms with Crippen molar-refractivity contribution >= 4 is 11.6 Å². The van der Waals surface area contributed by atoms with E-state index >= 15 is 0 Å². The first-order chi connectivity index (χ1) is 7.32. The third kappa shape index (κ3) is 1.83. The average molecular weight is 221 g/mol. The maximum Gasteiger partial charge on any atom is 0.0323 e. The van der Waals surface area contributed by atoms with E-state index in [0.717, 1.165) is 6.42 Å². The van der Waals surface area contributed by atoms with E-state index in [-0.39, 0.29) is 5.41 Å². The molecule has 0 saturated heterocycles. The van der Waals surface area contributed by atoms with Crippen LogP contribution < -0.4 is 0 Å². The van der Waals surface area contributed by atoms with Gasteiger partial charge in [0, 0.05) is 11.3 Å². The third-order valence-corrected chi connectivity index (χ3v) is 3.99. The number of aryl methyl sites for hydroxylation is 1. The third-order valence-electron chi connectivity index (χ3n) is 3.48. The van der Waals surface area contributed by atoms with Gasteiger partial charge < -0.3 is 0 Å². The van der Waals surface area contributed by atoms with Crippen LogP contribution in [0, 0.1) is 0 Å². The quantitative estimate of drug-likeness (QED) is 0.532. The Bertz CT molecular complexity index is 356. The van der Waals surface area contributed by atoms with E-state index in [4.69, 9.17) is 11.6 Å². The van der Waals surface area contributed by atoms with Crippen LogP contribution in [0.5, 0.6) is 0 Å². The van der Waals surface area contributed by atoms with E-state index in [1.54, 1.807) is 0 Å². The predicted molar refractivity (Wildman–Crippen MR) is 66.6 cm³/mol. The fourth-order valence-electron chi connectivity index (χ4n) is 2.69. The summed E-state index contributed by atoms with van der Waals surface area (Å²) < 4.78 is 0. The van der Waals surface area contributed by atoms with Crippen molar-refractivity contribution in [3.05, 3.63) is 48.0 Å². The van der Waals surface area contributed by atoms with Gasteiger partial charge in [-0.3, -0.25) is 0 Å². The van der Waals surface area contributed by atoms with Gasteiger partial charge in [-0.1, -0.05) is 30.3 Å². The van der Waals surface area contributed by atoms with E-state index in [1.165, 1.54) is 30.4 Å². The number of alkyl halides is 1. The molecule has 2 rings (SSSR count). The lowest BCUT2D eigenvalue weighted by Gasteiger charge is -2.37. The maximum atomic E-state index is 6.20. The van der Waals surface area contributed by atoms with Gasteiger partial charge in [-0.25, -0.2) is 0 Å². The topological polar surface area (TPSA) is 0 Å². The molecule has 80 valence electrons. The molecule has 1 unspecified atom stereocenters. The summed E-state index contributed by atoms with van der Waals surface area (Å²) in [4.78, 5) is 0. The van der Waals surface area contributed by atoms with Crippen molar-refractivity contribution in [2.45, 2.75) is 31.1 Å². The van der Waals surface area contributed by atoms with Crippen molar-refractivity contribution in [2.24, 2.45) is 0 Å². The Kier molecular flexibility index (Phi) is 3.16. The lowest BCUT2D eigenvalue weighted by molar-refractivity contribution is 0.403. The highest BCUT2D eigenvalue weighted by atomic mass is 35.5. The van der Waals surface area contributed by atoms with Crippen LogP contribution >= 0.6 is 11.6 Å². The van der Waals surface area contributed by atoms with Crippen LogP contribution in [0.4, 0.5) is 0 Å². The Labute approximate surface area is 97.0 Å². The fraction of sp³-hybridized carbons (Fsp3) is 0.429. The summed E-state index contributed by atoms with van der Waals surface area (Å²) in [6, 6.07) is 8.71. The van der Waals surface area contributed by atoms with Crippen molar-refractivity contribution in [3.63, 3.8) is 0 Å². The van der Waals surface area contributed by atoms with E-state index in [2.05, 4.69) is 30.8 Å². The minimum atomic E-state index is 0.151. The Hall–Kier alpha value is -0.750. The molecule has 1 atom stereocenters. The molecule has 0 aliphatic heterocycles. The molecule has 0 radical (unpaired) electrons. The van der Waals surface area contributed by atoms with Gasteiger partial charge in [0.05, 0.1) is 0 Å². The van der Waals surface area contributed by atoms with Crippen LogP contribution in [-0.4, -0.2) is 5.88 Å². The van der Waals surface area contributed by atoms with Crippen molar-refractivity contribution in [1.29, 1.82) is 0 Å². The first-order valence-electron chi connectivity index (χ1n) is 5.58. The first kappa shape index (κ1) is 10.8. The maximum absolute atomic E-state index is 6.20. The van der Waals surface area contributed by atoms with E-state index in [0.29, 0.717) is 5.88 Å². The highest BCUT2D eigenvalue weighted by Gasteiger charge is 2.34. The van der Waals surface area contributed by atoms with Gasteiger partial charge in [0.25, 0.3) is 0 Å². The molecular formula is C14H17Cl. The van der Waals surface area contributed by atoms with Gasteiger partial charge in [-0.15, -0.1) is 18.2 Å². The monoisotopic (exact) mass is 220 g/mol. The predicted octanol–water partition coefficient (Wildman–Crippen LogP) is 4.08. The number of hydrogen-bond acceptors (Lipinski definition) is 0. The summed E-state index contributed by atoms with van der Waals surface area (Å²) in [6.45, 7) is 3.86. The number of benzene rings is 1. The molecule has 0 bridgehead atoms. The molecule has 0 saturated carbocycles. The van der Waals surface area contributed by atoms with Gasteiger partial charge >= 0.3 is 0 Å². The zero-order chi connectivity index (χ0) is 10.7. The second-order valence-corrected chi connectivity index (χ2v) is 4.68. The molecule has 15 heavy (non-hydrogen) atoms. The summed E-state index contributed by atoms with van der Waals surface area (Å²) in [5, 5.41) is 0. The number of hydrogen-bond donors (Lipinski definition) is 0. The summed E-state index contributed by atoms with van der Waals surface area (Å²) in [7, 11) is 0. The minimum absolute atomic E-state index is 0.151. The van der Waals surface area contributed by atoms with Crippen LogP contribution in [0.2, 0.25) is 0 Å². The Morgan fingerprint density at radius 2 is 2.20 bits per heavy atom. The van der Waals surface area contributed by atoms with Crippen molar-refractivity contribution in [3.8, 4) is 0 Å². The molecule has 1 aliphatic rings. The molecule has 0 nitrogen and oxygen atoms in total. The molecule has 1 aliphatic carbocycles. The second-order valence-electron chi connectivity index (χ2n) is 4.42. The highest BCUT2D eigenvalue weighted by Crippen LogP contribution is 2.41. The zero-order valence-electron chi connectivity index (χ0n) is 9.01. The fourth-order valence-corrected chi connectivity index (χ4v) is 3.08. The Balaban J connectivity index is 2.46. The molecule has 0 amide bonds. The van der Waals surface area contributed by atoms with Gasteiger partial charge in [-0.05, 0) is 36.8 Å². The van der Waals surface area contributed by atoms with Crippen LogP contribution in [0.3, 0.4) is 0 Å². The molecule has 1 heteroatoms. The number of rotatable bonds is 3.